The summed E-state index contributed by atoms with van der Waals surface area (Å²) in [5, 5.41) is 3.46. The number of hydrogen-bond donors (Lipinski definition) is 1. The fourth-order valence-electron chi connectivity index (χ4n) is 2.75. The molecule has 3 heteroatoms. The third-order valence-electron chi connectivity index (χ3n) is 3.90. The fourth-order valence-corrected chi connectivity index (χ4v) is 2.75. The van der Waals surface area contributed by atoms with E-state index in [0.29, 0.717) is 6.04 Å². The van der Waals surface area contributed by atoms with E-state index < -0.39 is 0 Å². The molecule has 1 aliphatic rings. The van der Waals surface area contributed by atoms with Gasteiger partial charge in [-0.3, -0.25) is 4.90 Å². The van der Waals surface area contributed by atoms with Crippen molar-refractivity contribution < 1.29 is 4.74 Å². The second-order valence-electron chi connectivity index (χ2n) is 5.45. The first-order valence-corrected chi connectivity index (χ1v) is 7.58. The van der Waals surface area contributed by atoms with E-state index in [1.165, 1.54) is 5.56 Å². The summed E-state index contributed by atoms with van der Waals surface area (Å²) in [5.74, 6) is 0.957. The van der Waals surface area contributed by atoms with Gasteiger partial charge < -0.3 is 10.1 Å². The summed E-state index contributed by atoms with van der Waals surface area (Å²) in [6.45, 7) is 3.78. The summed E-state index contributed by atoms with van der Waals surface area (Å²) < 4.78 is 5.81. The van der Waals surface area contributed by atoms with Crippen LogP contribution in [0, 0.1) is 0 Å². The van der Waals surface area contributed by atoms with E-state index in [-0.39, 0.29) is 0 Å². The van der Waals surface area contributed by atoms with E-state index in [2.05, 4.69) is 40.5 Å². The number of benzene rings is 2. The van der Waals surface area contributed by atoms with Gasteiger partial charge in [0.15, 0.2) is 0 Å². The van der Waals surface area contributed by atoms with Gasteiger partial charge in [-0.1, -0.05) is 48.5 Å². The summed E-state index contributed by atoms with van der Waals surface area (Å²) >= 11 is 0. The van der Waals surface area contributed by atoms with Crippen LogP contribution in [0.3, 0.4) is 0 Å². The monoisotopic (exact) mass is 282 g/mol. The molecule has 0 amide bonds. The molecule has 0 saturated carbocycles. The summed E-state index contributed by atoms with van der Waals surface area (Å²) in [5.41, 5.74) is 1.37. The van der Waals surface area contributed by atoms with Crippen LogP contribution in [0.5, 0.6) is 5.75 Å². The second kappa shape index (κ2) is 7.25. The van der Waals surface area contributed by atoms with E-state index in [1.54, 1.807) is 0 Å². The standard InChI is InChI=1S/C18H22N2O/c1-3-7-16(8-4-1)14-20-15-19-13-17(20)11-12-21-18-9-5-2-6-10-18/h1-10,17,19H,11-15H2. The Labute approximate surface area is 126 Å². The molecule has 3 nitrogen and oxygen atoms in total. The van der Waals surface area contributed by atoms with Crippen LogP contribution in [0.15, 0.2) is 60.7 Å². The molecule has 1 saturated heterocycles. The van der Waals surface area contributed by atoms with E-state index >= 15 is 0 Å². The van der Waals surface area contributed by atoms with Gasteiger partial charge in [-0.05, 0) is 24.1 Å². The molecule has 0 radical (unpaired) electrons. The lowest BCUT2D eigenvalue weighted by atomic mass is 10.1. The number of nitrogens with zero attached hydrogens (tertiary/aromatic N) is 1. The Morgan fingerprint density at radius 2 is 1.71 bits per heavy atom. The van der Waals surface area contributed by atoms with Crippen LogP contribution in [0.1, 0.15) is 12.0 Å². The van der Waals surface area contributed by atoms with Crippen molar-refractivity contribution in [2.45, 2.75) is 19.0 Å². The third-order valence-corrected chi connectivity index (χ3v) is 3.90. The molecular formula is C18H22N2O. The van der Waals surface area contributed by atoms with Gasteiger partial charge in [-0.15, -0.1) is 0 Å². The fraction of sp³-hybridized carbons (Fsp3) is 0.333. The normalized spacial score (nSPS) is 18.8. The molecule has 1 aliphatic heterocycles. The highest BCUT2D eigenvalue weighted by atomic mass is 16.5. The number of nitrogens with one attached hydrogen (secondary N) is 1. The Kier molecular flexibility index (Phi) is 4.87. The lowest BCUT2D eigenvalue weighted by Gasteiger charge is -2.23. The Bertz CT molecular complexity index is 529. The minimum Gasteiger partial charge on any atom is -0.494 e. The molecule has 1 unspecified atom stereocenters. The van der Waals surface area contributed by atoms with Crippen molar-refractivity contribution in [1.29, 1.82) is 0 Å². The maximum absolute atomic E-state index is 5.81. The van der Waals surface area contributed by atoms with Crippen LogP contribution in [-0.4, -0.2) is 30.8 Å². The smallest absolute Gasteiger partial charge is 0.119 e. The highest BCUT2D eigenvalue weighted by Gasteiger charge is 2.23. The van der Waals surface area contributed by atoms with Crippen LogP contribution in [0.25, 0.3) is 0 Å². The zero-order valence-electron chi connectivity index (χ0n) is 12.2. The van der Waals surface area contributed by atoms with Crippen molar-refractivity contribution >= 4 is 0 Å². The van der Waals surface area contributed by atoms with Gasteiger partial charge in [-0.25, -0.2) is 0 Å². The maximum Gasteiger partial charge on any atom is 0.119 e. The first-order chi connectivity index (χ1) is 10.4. The van der Waals surface area contributed by atoms with Crippen LogP contribution >= 0.6 is 0 Å². The Morgan fingerprint density at radius 1 is 1.00 bits per heavy atom. The van der Waals surface area contributed by atoms with Gasteiger partial charge in [0.2, 0.25) is 0 Å². The molecule has 0 spiro atoms. The van der Waals surface area contributed by atoms with Crippen molar-refractivity contribution in [3.05, 3.63) is 66.2 Å². The zero-order chi connectivity index (χ0) is 14.3. The summed E-state index contributed by atoms with van der Waals surface area (Å²) in [6.07, 6.45) is 1.05. The maximum atomic E-state index is 5.81. The lowest BCUT2D eigenvalue weighted by Crippen LogP contribution is -2.31. The van der Waals surface area contributed by atoms with Crippen molar-refractivity contribution in [2.24, 2.45) is 0 Å². The molecule has 1 N–H and O–H groups in total. The van der Waals surface area contributed by atoms with Crippen LogP contribution < -0.4 is 10.1 Å². The molecular weight excluding hydrogens is 260 g/mol. The quantitative estimate of drug-likeness (QED) is 0.881. The molecule has 3 rings (SSSR count). The topological polar surface area (TPSA) is 24.5 Å². The van der Waals surface area contributed by atoms with Crippen molar-refractivity contribution in [3.8, 4) is 5.75 Å². The predicted octanol–water partition coefficient (Wildman–Crippen LogP) is 2.89. The highest BCUT2D eigenvalue weighted by molar-refractivity contribution is 5.20. The van der Waals surface area contributed by atoms with Gasteiger partial charge in [0.1, 0.15) is 5.75 Å². The van der Waals surface area contributed by atoms with E-state index in [4.69, 9.17) is 4.74 Å². The van der Waals surface area contributed by atoms with Crippen molar-refractivity contribution in [1.82, 2.24) is 10.2 Å². The van der Waals surface area contributed by atoms with Crippen molar-refractivity contribution in [2.75, 3.05) is 19.8 Å². The largest absolute Gasteiger partial charge is 0.494 e. The summed E-state index contributed by atoms with van der Waals surface area (Å²) in [4.78, 5) is 2.49. The number of hydrogen-bond acceptors (Lipinski definition) is 3. The molecule has 2 aromatic carbocycles. The first kappa shape index (κ1) is 14.1. The van der Waals surface area contributed by atoms with E-state index in [9.17, 15) is 0 Å². The SMILES string of the molecule is c1ccc(CN2CNCC2CCOc2ccccc2)cc1. The molecule has 1 atom stereocenters. The summed E-state index contributed by atoms with van der Waals surface area (Å²) in [6, 6.07) is 21.2. The Balaban J connectivity index is 1.48. The average Bonchev–Trinajstić information content (AvgIpc) is 2.97. The van der Waals surface area contributed by atoms with Crippen LogP contribution in [0.4, 0.5) is 0 Å². The van der Waals surface area contributed by atoms with Crippen LogP contribution in [0.2, 0.25) is 0 Å². The van der Waals surface area contributed by atoms with Gasteiger partial charge in [0, 0.05) is 25.8 Å². The molecule has 0 bridgehead atoms. The minimum atomic E-state index is 0.550. The Morgan fingerprint density at radius 3 is 2.48 bits per heavy atom. The van der Waals surface area contributed by atoms with Crippen LogP contribution in [-0.2, 0) is 6.54 Å². The predicted molar refractivity (Wildman–Crippen MR) is 85.2 cm³/mol. The van der Waals surface area contributed by atoms with Crippen molar-refractivity contribution in [3.63, 3.8) is 0 Å². The first-order valence-electron chi connectivity index (χ1n) is 7.58. The van der Waals surface area contributed by atoms with Gasteiger partial charge >= 0.3 is 0 Å². The number of ether oxygens (including phenoxy) is 1. The molecule has 2 aromatic rings. The minimum absolute atomic E-state index is 0.550. The van der Waals surface area contributed by atoms with Gasteiger partial charge in [-0.2, -0.15) is 0 Å². The Hall–Kier alpha value is -1.84. The molecule has 0 aromatic heterocycles. The van der Waals surface area contributed by atoms with Gasteiger partial charge in [0.05, 0.1) is 6.61 Å². The van der Waals surface area contributed by atoms with E-state index in [1.807, 2.05) is 30.3 Å². The average molecular weight is 282 g/mol. The molecule has 1 heterocycles. The zero-order valence-corrected chi connectivity index (χ0v) is 12.2. The second-order valence-corrected chi connectivity index (χ2v) is 5.45. The lowest BCUT2D eigenvalue weighted by molar-refractivity contribution is 0.203. The molecule has 21 heavy (non-hydrogen) atoms. The third kappa shape index (κ3) is 4.06. The number of rotatable bonds is 6. The summed E-state index contributed by atoms with van der Waals surface area (Å²) in [7, 11) is 0. The molecule has 110 valence electrons. The molecule has 1 fully saturated rings. The van der Waals surface area contributed by atoms with E-state index in [0.717, 1.165) is 38.5 Å². The molecule has 0 aliphatic carbocycles. The highest BCUT2D eigenvalue weighted by Crippen LogP contribution is 2.15. The number of para-hydroxylation sites is 1. The van der Waals surface area contributed by atoms with Gasteiger partial charge in [0.25, 0.3) is 0 Å².